The molecule has 0 bridgehead atoms. The lowest BCUT2D eigenvalue weighted by molar-refractivity contribution is -0.122. The number of nitrogens with zero attached hydrogens (tertiary/aromatic N) is 1. The van der Waals surface area contributed by atoms with Crippen molar-refractivity contribution in [2.45, 2.75) is 46.1 Å². The molecule has 0 fully saturated rings. The zero-order chi connectivity index (χ0) is 32.0. The van der Waals surface area contributed by atoms with Gasteiger partial charge in [0.2, 0.25) is 11.8 Å². The van der Waals surface area contributed by atoms with E-state index in [-0.39, 0.29) is 25.0 Å². The molecule has 2 N–H and O–H groups in total. The maximum absolute atomic E-state index is 13.2. The summed E-state index contributed by atoms with van der Waals surface area (Å²) in [6.07, 6.45) is 1.90. The molecule has 12 heteroatoms. The summed E-state index contributed by atoms with van der Waals surface area (Å²) in [6, 6.07) is 15.6. The fourth-order valence-electron chi connectivity index (χ4n) is 4.06. The fourth-order valence-corrected chi connectivity index (χ4v) is 4.47. The quantitative estimate of drug-likeness (QED) is 0.131. The Bertz CT molecular complexity index is 1260. The number of amides is 2. The van der Waals surface area contributed by atoms with Gasteiger partial charge < -0.3 is 29.3 Å². The molecular formula is C32H45N2O9P. The fraction of sp³-hybridized carbons (Fsp3) is 0.500. The first-order valence-electron chi connectivity index (χ1n) is 14.9. The summed E-state index contributed by atoms with van der Waals surface area (Å²) in [4.78, 5) is 36.3. The number of carbonyl (C=O) groups excluding carboxylic acids is 2. The number of fused-ring (bicyclic) bond motifs is 2. The Morgan fingerprint density at radius 3 is 2.11 bits per heavy atom. The molecule has 0 saturated heterocycles. The molecule has 1 unspecified atom stereocenters. The van der Waals surface area contributed by atoms with E-state index in [0.717, 1.165) is 29.5 Å². The number of nitrogens with one attached hydrogen (secondary N) is 1. The molecule has 2 aromatic carbocycles. The Labute approximate surface area is 260 Å². The summed E-state index contributed by atoms with van der Waals surface area (Å²) in [5.41, 5.74) is 3.57. The lowest BCUT2D eigenvalue weighted by Crippen LogP contribution is -2.31. The Morgan fingerprint density at radius 1 is 0.841 bits per heavy atom. The van der Waals surface area contributed by atoms with Crippen LogP contribution >= 0.6 is 7.82 Å². The molecular weight excluding hydrogens is 587 g/mol. The van der Waals surface area contributed by atoms with E-state index in [9.17, 15) is 14.2 Å². The Kier molecular flexibility index (Phi) is 18.2. The van der Waals surface area contributed by atoms with Crippen LogP contribution in [0.25, 0.3) is 0 Å². The van der Waals surface area contributed by atoms with Crippen molar-refractivity contribution in [2.24, 2.45) is 0 Å². The molecule has 44 heavy (non-hydrogen) atoms. The first-order valence-corrected chi connectivity index (χ1v) is 16.4. The van der Waals surface area contributed by atoms with Crippen LogP contribution in [0, 0.1) is 11.8 Å². The van der Waals surface area contributed by atoms with E-state index in [1.54, 1.807) is 4.90 Å². The predicted molar refractivity (Wildman–Crippen MR) is 168 cm³/mol. The molecule has 0 spiro atoms. The van der Waals surface area contributed by atoms with E-state index in [2.05, 4.69) is 26.2 Å². The highest BCUT2D eigenvalue weighted by molar-refractivity contribution is 7.47. The van der Waals surface area contributed by atoms with Crippen molar-refractivity contribution in [3.63, 3.8) is 0 Å². The van der Waals surface area contributed by atoms with Gasteiger partial charge in [0.1, 0.15) is 0 Å². The number of ether oxygens (including phenoxy) is 3. The van der Waals surface area contributed by atoms with Crippen molar-refractivity contribution < 1.29 is 42.3 Å². The number of benzene rings is 2. The van der Waals surface area contributed by atoms with Crippen LogP contribution in [0.2, 0.25) is 0 Å². The number of hydrogen-bond acceptors (Lipinski definition) is 8. The molecule has 0 aromatic heterocycles. The van der Waals surface area contributed by atoms with Gasteiger partial charge in [-0.1, -0.05) is 56.0 Å². The van der Waals surface area contributed by atoms with Gasteiger partial charge in [0.05, 0.1) is 58.5 Å². The number of unbranched alkanes of at least 4 members (excludes halogenated alkanes) is 1. The molecule has 1 aliphatic heterocycles. The molecule has 0 radical (unpaired) electrons. The van der Waals surface area contributed by atoms with Gasteiger partial charge in [0.15, 0.2) is 0 Å². The summed E-state index contributed by atoms with van der Waals surface area (Å²) in [5, 5.41) is 2.83. The van der Waals surface area contributed by atoms with Gasteiger partial charge in [0, 0.05) is 37.6 Å². The average Bonchev–Trinajstić information content (AvgIpc) is 3.03. The molecule has 242 valence electrons. The smallest absolute Gasteiger partial charge is 0.377 e. The molecule has 2 amide bonds. The molecule has 1 atom stereocenters. The zero-order valence-electron chi connectivity index (χ0n) is 25.9. The number of phosphoric ester groups is 1. The van der Waals surface area contributed by atoms with Crippen LogP contribution in [0.4, 0.5) is 5.69 Å². The minimum atomic E-state index is -3.97. The number of carbonyl (C=O) groups is 2. The molecule has 11 nitrogen and oxygen atoms in total. The van der Waals surface area contributed by atoms with Crippen molar-refractivity contribution in [1.29, 1.82) is 0 Å². The van der Waals surface area contributed by atoms with Gasteiger partial charge in [-0.15, -0.1) is 0 Å². The van der Waals surface area contributed by atoms with Crippen LogP contribution in [-0.4, -0.2) is 76.6 Å². The average molecular weight is 633 g/mol. The highest BCUT2D eigenvalue weighted by atomic mass is 31.2. The van der Waals surface area contributed by atoms with Gasteiger partial charge in [-0.25, -0.2) is 4.57 Å². The third-order valence-electron chi connectivity index (χ3n) is 6.24. The van der Waals surface area contributed by atoms with Crippen LogP contribution in [0.1, 0.15) is 56.2 Å². The molecule has 1 aliphatic rings. The molecule has 0 saturated carbocycles. The van der Waals surface area contributed by atoms with Crippen LogP contribution in [-0.2, 0) is 44.0 Å². The lowest BCUT2D eigenvalue weighted by atomic mass is 10.0. The summed E-state index contributed by atoms with van der Waals surface area (Å²) in [5.74, 6) is 6.36. The van der Waals surface area contributed by atoms with Gasteiger partial charge in [-0.3, -0.25) is 18.6 Å². The molecule has 0 aliphatic carbocycles. The first-order chi connectivity index (χ1) is 21.4. The normalized spacial score (nSPS) is 13.0. The number of phosphoric acid groups is 1. The minimum absolute atomic E-state index is 0.0119. The van der Waals surface area contributed by atoms with Gasteiger partial charge >= 0.3 is 7.82 Å². The van der Waals surface area contributed by atoms with E-state index >= 15 is 0 Å². The summed E-state index contributed by atoms with van der Waals surface area (Å²) < 4.78 is 36.0. The second kappa shape index (κ2) is 21.6. The van der Waals surface area contributed by atoms with Crippen molar-refractivity contribution in [1.82, 2.24) is 5.32 Å². The third kappa shape index (κ3) is 14.1. The largest absolute Gasteiger partial charge is 0.471 e. The Hall–Kier alpha value is -3.07. The number of hydrogen-bond donors (Lipinski definition) is 2. The lowest BCUT2D eigenvalue weighted by Gasteiger charge is -2.26. The standard InChI is InChI=1S/C30H39N2O9P.C2H6/c1-37-42(35,36)41-23-22-40-21-20-39-19-18-38-17-16-31-29(33)12-6-7-13-30(34)32-24-27-10-3-2-8-25(27)14-15-26-9-4-5-11-28(26)32;1-2/h2-5,8-11H,6-7,12-13,16-24H2,1H3,(H,31,33)(H,35,36);1-2H3. The third-order valence-corrected chi connectivity index (χ3v) is 7.21. The van der Waals surface area contributed by atoms with Crippen molar-refractivity contribution in [2.75, 3.05) is 64.8 Å². The first kappa shape index (κ1) is 37.1. The summed E-state index contributed by atoms with van der Waals surface area (Å²) in [6.45, 7) is 6.69. The van der Waals surface area contributed by atoms with Crippen molar-refractivity contribution in [3.8, 4) is 11.8 Å². The van der Waals surface area contributed by atoms with E-state index in [1.807, 2.05) is 62.4 Å². The zero-order valence-corrected chi connectivity index (χ0v) is 26.8. The van der Waals surface area contributed by atoms with E-state index in [1.165, 1.54) is 0 Å². The second-order valence-electron chi connectivity index (χ2n) is 9.28. The van der Waals surface area contributed by atoms with Crippen molar-refractivity contribution >= 4 is 25.3 Å². The van der Waals surface area contributed by atoms with Crippen LogP contribution < -0.4 is 10.2 Å². The van der Waals surface area contributed by atoms with Crippen LogP contribution in [0.5, 0.6) is 0 Å². The van der Waals surface area contributed by atoms with E-state index in [0.29, 0.717) is 71.8 Å². The maximum atomic E-state index is 13.2. The van der Waals surface area contributed by atoms with Gasteiger partial charge in [0.25, 0.3) is 0 Å². The Morgan fingerprint density at radius 2 is 1.41 bits per heavy atom. The monoisotopic (exact) mass is 632 g/mol. The number of anilines is 1. The summed E-state index contributed by atoms with van der Waals surface area (Å²) in [7, 11) is -2.88. The van der Waals surface area contributed by atoms with Crippen LogP contribution in [0.15, 0.2) is 48.5 Å². The summed E-state index contributed by atoms with van der Waals surface area (Å²) >= 11 is 0. The van der Waals surface area contributed by atoms with Gasteiger partial charge in [-0.05, 0) is 36.6 Å². The van der Waals surface area contributed by atoms with Crippen molar-refractivity contribution in [3.05, 3.63) is 65.2 Å². The van der Waals surface area contributed by atoms with Gasteiger partial charge in [-0.2, -0.15) is 0 Å². The topological polar surface area (TPSA) is 133 Å². The minimum Gasteiger partial charge on any atom is -0.377 e. The highest BCUT2D eigenvalue weighted by Crippen LogP contribution is 2.41. The number of rotatable bonds is 19. The van der Waals surface area contributed by atoms with E-state index in [4.69, 9.17) is 19.1 Å². The Balaban J connectivity index is 0.00000330. The maximum Gasteiger partial charge on any atom is 0.471 e. The van der Waals surface area contributed by atoms with Crippen LogP contribution in [0.3, 0.4) is 0 Å². The number of para-hydroxylation sites is 1. The molecule has 3 rings (SSSR count). The van der Waals surface area contributed by atoms with E-state index < -0.39 is 7.82 Å². The molecule has 2 aromatic rings. The SMILES string of the molecule is CC.COP(=O)(O)OCCOCCOCCOCCNC(=O)CCCCC(=O)N1Cc2ccccc2C#Cc2ccccc21. The second-order valence-corrected chi connectivity index (χ2v) is 10.8. The predicted octanol–water partition coefficient (Wildman–Crippen LogP) is 4.45. The highest BCUT2D eigenvalue weighted by Gasteiger charge is 2.21. The molecule has 1 heterocycles.